The number of nitrogens with zero attached hydrogens (tertiary/aromatic N) is 1. The van der Waals surface area contributed by atoms with Gasteiger partial charge in [0.25, 0.3) is 0 Å². The number of hydrogen-bond acceptors (Lipinski definition) is 3. The van der Waals surface area contributed by atoms with Crippen molar-refractivity contribution in [3.8, 4) is 5.75 Å². The van der Waals surface area contributed by atoms with E-state index in [1.54, 1.807) is 0 Å². The molecule has 3 atom stereocenters. The molecule has 1 aromatic carbocycles. The Morgan fingerprint density at radius 1 is 1.32 bits per heavy atom. The lowest BCUT2D eigenvalue weighted by Gasteiger charge is -2.37. The van der Waals surface area contributed by atoms with Gasteiger partial charge in [-0.25, -0.2) is 0 Å². The lowest BCUT2D eigenvalue weighted by Crippen LogP contribution is -2.48. The maximum atomic E-state index is 5.93. The normalized spacial score (nSPS) is 30.9. The molecule has 104 valence electrons. The number of halogens is 1. The summed E-state index contributed by atoms with van der Waals surface area (Å²) in [5.74, 6) is 2.08. The predicted octanol–water partition coefficient (Wildman–Crippen LogP) is 2.49. The zero-order valence-corrected chi connectivity index (χ0v) is 12.0. The van der Waals surface area contributed by atoms with E-state index in [0.29, 0.717) is 11.8 Å². The highest BCUT2D eigenvalue weighted by Gasteiger charge is 2.30. The molecule has 0 radical (unpaired) electrons. The molecule has 3 unspecified atom stereocenters. The van der Waals surface area contributed by atoms with Crippen molar-refractivity contribution in [1.82, 2.24) is 4.90 Å². The van der Waals surface area contributed by atoms with E-state index in [4.69, 9.17) is 21.1 Å². The smallest absolute Gasteiger partial charge is 0.122 e. The van der Waals surface area contributed by atoms with E-state index in [1.807, 2.05) is 6.07 Å². The molecule has 19 heavy (non-hydrogen) atoms. The molecule has 0 bridgehead atoms. The Kier molecular flexibility index (Phi) is 3.96. The van der Waals surface area contributed by atoms with Crippen LogP contribution in [0.4, 0.5) is 0 Å². The summed E-state index contributed by atoms with van der Waals surface area (Å²) in [6.45, 7) is 5.83. The van der Waals surface area contributed by atoms with Crippen LogP contribution in [-0.2, 0) is 4.74 Å². The third kappa shape index (κ3) is 2.88. The second-order valence-electron chi connectivity index (χ2n) is 5.49. The molecule has 0 N–H and O–H groups in total. The van der Waals surface area contributed by atoms with Gasteiger partial charge in [0.15, 0.2) is 0 Å². The van der Waals surface area contributed by atoms with Gasteiger partial charge in [-0.3, -0.25) is 4.90 Å². The van der Waals surface area contributed by atoms with Crippen LogP contribution in [0.5, 0.6) is 5.75 Å². The van der Waals surface area contributed by atoms with Gasteiger partial charge in [-0.05, 0) is 13.0 Å². The van der Waals surface area contributed by atoms with E-state index in [1.165, 1.54) is 5.56 Å². The number of benzene rings is 1. The fraction of sp³-hybridized carbons (Fsp3) is 0.600. The molecule has 0 aliphatic carbocycles. The molecule has 2 aliphatic rings. The minimum absolute atomic E-state index is 0.156. The van der Waals surface area contributed by atoms with Crippen LogP contribution in [-0.4, -0.2) is 49.2 Å². The second-order valence-corrected chi connectivity index (χ2v) is 5.80. The van der Waals surface area contributed by atoms with Crippen molar-refractivity contribution in [2.24, 2.45) is 0 Å². The summed E-state index contributed by atoms with van der Waals surface area (Å²) in [6, 6.07) is 8.35. The summed E-state index contributed by atoms with van der Waals surface area (Å²) in [4.78, 5) is 2.46. The molecule has 1 fully saturated rings. The summed E-state index contributed by atoms with van der Waals surface area (Å²) in [5, 5.41) is 0. The second kappa shape index (κ2) is 5.70. The molecule has 3 nitrogen and oxygen atoms in total. The van der Waals surface area contributed by atoms with Crippen molar-refractivity contribution in [3.05, 3.63) is 29.8 Å². The van der Waals surface area contributed by atoms with Crippen LogP contribution in [0.25, 0.3) is 0 Å². The van der Waals surface area contributed by atoms with Crippen LogP contribution >= 0.6 is 11.6 Å². The third-order valence-corrected chi connectivity index (χ3v) is 4.20. The van der Waals surface area contributed by atoms with Crippen molar-refractivity contribution < 1.29 is 9.47 Å². The van der Waals surface area contributed by atoms with Gasteiger partial charge in [-0.15, -0.1) is 11.6 Å². The Morgan fingerprint density at radius 3 is 3.00 bits per heavy atom. The first-order valence-electron chi connectivity index (χ1n) is 6.91. The SMILES string of the molecule is CC1CN(CC2COc3ccccc32)CC(CCl)O1. The zero-order valence-electron chi connectivity index (χ0n) is 11.2. The van der Waals surface area contributed by atoms with Gasteiger partial charge in [0, 0.05) is 37.0 Å². The Balaban J connectivity index is 1.66. The van der Waals surface area contributed by atoms with E-state index in [2.05, 4.69) is 30.0 Å². The molecule has 1 aromatic rings. The Hall–Kier alpha value is -0.770. The fourth-order valence-corrected chi connectivity index (χ4v) is 3.24. The van der Waals surface area contributed by atoms with Gasteiger partial charge in [-0.2, -0.15) is 0 Å². The van der Waals surface area contributed by atoms with Gasteiger partial charge < -0.3 is 9.47 Å². The molecule has 1 saturated heterocycles. The van der Waals surface area contributed by atoms with Crippen molar-refractivity contribution in [2.45, 2.75) is 25.0 Å². The summed E-state index contributed by atoms with van der Waals surface area (Å²) < 4.78 is 11.5. The quantitative estimate of drug-likeness (QED) is 0.795. The highest BCUT2D eigenvalue weighted by molar-refractivity contribution is 6.18. The van der Waals surface area contributed by atoms with Crippen LogP contribution in [0.2, 0.25) is 0 Å². The average molecular weight is 282 g/mol. The van der Waals surface area contributed by atoms with Gasteiger partial charge in [0.2, 0.25) is 0 Å². The predicted molar refractivity (Wildman–Crippen MR) is 76.2 cm³/mol. The number of alkyl halides is 1. The van der Waals surface area contributed by atoms with Gasteiger partial charge >= 0.3 is 0 Å². The van der Waals surface area contributed by atoms with Crippen molar-refractivity contribution >= 4 is 11.6 Å². The summed E-state index contributed by atoms with van der Waals surface area (Å²) in [7, 11) is 0. The monoisotopic (exact) mass is 281 g/mol. The van der Waals surface area contributed by atoms with Crippen LogP contribution in [0, 0.1) is 0 Å². The number of morpholine rings is 1. The molecule has 3 rings (SSSR count). The highest BCUT2D eigenvalue weighted by Crippen LogP contribution is 2.34. The van der Waals surface area contributed by atoms with Crippen LogP contribution in [0.1, 0.15) is 18.4 Å². The molecule has 0 spiro atoms. The summed E-state index contributed by atoms with van der Waals surface area (Å²) in [5.41, 5.74) is 1.34. The van der Waals surface area contributed by atoms with Crippen LogP contribution < -0.4 is 4.74 Å². The maximum Gasteiger partial charge on any atom is 0.122 e. The molecular weight excluding hydrogens is 262 g/mol. The molecule has 2 aliphatic heterocycles. The minimum atomic E-state index is 0.156. The Morgan fingerprint density at radius 2 is 2.16 bits per heavy atom. The molecule has 0 saturated carbocycles. The maximum absolute atomic E-state index is 5.93. The van der Waals surface area contributed by atoms with Crippen molar-refractivity contribution in [2.75, 3.05) is 32.1 Å². The Labute approximate surface area is 119 Å². The van der Waals surface area contributed by atoms with E-state index < -0.39 is 0 Å². The lowest BCUT2D eigenvalue weighted by atomic mass is 10.00. The highest BCUT2D eigenvalue weighted by atomic mass is 35.5. The first kappa shape index (κ1) is 13.2. The van der Waals surface area contributed by atoms with Gasteiger partial charge in [0.05, 0.1) is 18.8 Å². The molecule has 0 amide bonds. The number of ether oxygens (including phenoxy) is 2. The number of fused-ring (bicyclic) bond motifs is 1. The average Bonchev–Trinajstić information content (AvgIpc) is 2.82. The third-order valence-electron chi connectivity index (χ3n) is 3.85. The number of hydrogen-bond donors (Lipinski definition) is 0. The molecule has 2 heterocycles. The van der Waals surface area contributed by atoms with Gasteiger partial charge in [0.1, 0.15) is 5.75 Å². The van der Waals surface area contributed by atoms with Crippen molar-refractivity contribution in [1.29, 1.82) is 0 Å². The topological polar surface area (TPSA) is 21.7 Å². The van der Waals surface area contributed by atoms with Crippen LogP contribution in [0.15, 0.2) is 24.3 Å². The van der Waals surface area contributed by atoms with Crippen molar-refractivity contribution in [3.63, 3.8) is 0 Å². The summed E-state index contributed by atoms with van der Waals surface area (Å²) >= 11 is 5.93. The number of para-hydroxylation sites is 1. The Bertz CT molecular complexity index is 440. The standard InChI is InChI=1S/C15H20ClNO2/c1-11-7-17(9-13(6-16)19-11)8-12-10-18-15-5-3-2-4-14(12)15/h2-5,11-13H,6-10H2,1H3. The lowest BCUT2D eigenvalue weighted by molar-refractivity contribution is -0.0679. The molecular formula is C15H20ClNO2. The van der Waals surface area contributed by atoms with Gasteiger partial charge in [-0.1, -0.05) is 18.2 Å². The fourth-order valence-electron chi connectivity index (χ4n) is 3.07. The molecule has 4 heteroatoms. The molecule has 0 aromatic heterocycles. The first-order valence-corrected chi connectivity index (χ1v) is 7.45. The van der Waals surface area contributed by atoms with E-state index in [0.717, 1.165) is 32.0 Å². The minimum Gasteiger partial charge on any atom is -0.493 e. The summed E-state index contributed by atoms with van der Waals surface area (Å²) in [6.07, 6.45) is 0.415. The zero-order chi connectivity index (χ0) is 13.2. The first-order chi connectivity index (χ1) is 9.26. The largest absolute Gasteiger partial charge is 0.493 e. The number of rotatable bonds is 3. The van der Waals surface area contributed by atoms with E-state index in [9.17, 15) is 0 Å². The van der Waals surface area contributed by atoms with E-state index in [-0.39, 0.29) is 12.2 Å². The van der Waals surface area contributed by atoms with E-state index >= 15 is 0 Å². The van der Waals surface area contributed by atoms with Crippen LogP contribution in [0.3, 0.4) is 0 Å².